The minimum absolute atomic E-state index is 0.144. The molecule has 0 unspecified atom stereocenters. The lowest BCUT2D eigenvalue weighted by molar-refractivity contribution is 0.400. The molecular formula is C16H12Cl2N2O3S. The summed E-state index contributed by atoms with van der Waals surface area (Å²) in [6.45, 7) is 1.62. The summed E-state index contributed by atoms with van der Waals surface area (Å²) in [5.41, 5.74) is 1.19. The Hall–Kier alpha value is -2.02. The second-order valence-corrected chi connectivity index (χ2v) is 7.51. The molecule has 0 radical (unpaired) electrons. The van der Waals surface area contributed by atoms with Gasteiger partial charge in [-0.15, -0.1) is 0 Å². The van der Waals surface area contributed by atoms with Crippen LogP contribution < -0.4 is 4.72 Å². The number of benzene rings is 2. The molecule has 24 heavy (non-hydrogen) atoms. The first kappa shape index (κ1) is 16.8. The molecule has 1 heterocycles. The van der Waals surface area contributed by atoms with Crippen LogP contribution in [-0.2, 0) is 10.0 Å². The summed E-state index contributed by atoms with van der Waals surface area (Å²) in [7, 11) is -3.76. The largest absolute Gasteiger partial charge is 0.359 e. The predicted molar refractivity (Wildman–Crippen MR) is 93.9 cm³/mol. The van der Waals surface area contributed by atoms with Crippen LogP contribution in [0.2, 0.25) is 10.0 Å². The summed E-state index contributed by atoms with van der Waals surface area (Å²) in [5, 5.41) is 4.67. The van der Waals surface area contributed by atoms with Gasteiger partial charge in [-0.25, -0.2) is 8.42 Å². The minimum atomic E-state index is -3.76. The standard InChI is InChI=1S/C16H12Cl2N2O3S/c1-10-15(20-24(21,22)12-5-3-2-4-6-12)16(19-23-10)11-7-8-13(17)14(18)9-11/h2-9,20H,1H3. The highest BCUT2D eigenvalue weighted by Crippen LogP contribution is 2.34. The average molecular weight is 383 g/mol. The fourth-order valence-corrected chi connectivity index (χ4v) is 3.57. The fourth-order valence-electron chi connectivity index (χ4n) is 2.13. The number of hydrogen-bond donors (Lipinski definition) is 1. The normalized spacial score (nSPS) is 11.5. The fraction of sp³-hybridized carbons (Fsp3) is 0.0625. The highest BCUT2D eigenvalue weighted by molar-refractivity contribution is 7.92. The monoisotopic (exact) mass is 382 g/mol. The molecule has 0 bridgehead atoms. The highest BCUT2D eigenvalue weighted by atomic mass is 35.5. The third-order valence-corrected chi connectivity index (χ3v) is 5.45. The van der Waals surface area contributed by atoms with Gasteiger partial charge in [0, 0.05) is 5.56 Å². The van der Waals surface area contributed by atoms with E-state index in [1.807, 2.05) is 0 Å². The Labute approximate surface area is 149 Å². The molecule has 0 atom stereocenters. The van der Waals surface area contributed by atoms with Crippen molar-refractivity contribution in [3.05, 3.63) is 64.3 Å². The van der Waals surface area contributed by atoms with Crippen LogP contribution in [0.15, 0.2) is 57.9 Å². The number of hydrogen-bond acceptors (Lipinski definition) is 4. The average Bonchev–Trinajstić information content (AvgIpc) is 2.91. The van der Waals surface area contributed by atoms with Gasteiger partial charge in [0.25, 0.3) is 10.0 Å². The summed E-state index contributed by atoms with van der Waals surface area (Å²) in [6, 6.07) is 12.9. The van der Waals surface area contributed by atoms with Crippen molar-refractivity contribution in [2.75, 3.05) is 4.72 Å². The molecule has 0 aliphatic heterocycles. The third kappa shape index (κ3) is 3.26. The molecule has 2 aromatic carbocycles. The van der Waals surface area contributed by atoms with Gasteiger partial charge in [0.15, 0.2) is 5.76 Å². The van der Waals surface area contributed by atoms with Gasteiger partial charge in [-0.1, -0.05) is 52.6 Å². The van der Waals surface area contributed by atoms with Gasteiger partial charge in [0.1, 0.15) is 11.4 Å². The van der Waals surface area contributed by atoms with E-state index in [0.29, 0.717) is 27.1 Å². The van der Waals surface area contributed by atoms with E-state index in [4.69, 9.17) is 27.7 Å². The quantitative estimate of drug-likeness (QED) is 0.705. The molecule has 0 saturated heterocycles. The van der Waals surface area contributed by atoms with Crippen LogP contribution in [0.3, 0.4) is 0 Å². The predicted octanol–water partition coefficient (Wildman–Crippen LogP) is 4.76. The van der Waals surface area contributed by atoms with Crippen LogP contribution in [0.25, 0.3) is 11.3 Å². The molecule has 1 aromatic heterocycles. The number of aryl methyl sites for hydroxylation is 1. The van der Waals surface area contributed by atoms with Crippen molar-refractivity contribution < 1.29 is 12.9 Å². The number of nitrogens with one attached hydrogen (secondary N) is 1. The summed E-state index contributed by atoms with van der Waals surface area (Å²) in [6.07, 6.45) is 0. The zero-order chi connectivity index (χ0) is 17.3. The van der Waals surface area contributed by atoms with E-state index in [1.54, 1.807) is 43.3 Å². The molecule has 3 aromatic rings. The van der Waals surface area contributed by atoms with Crippen LogP contribution in [0, 0.1) is 6.92 Å². The molecule has 124 valence electrons. The molecule has 3 rings (SSSR count). The molecule has 8 heteroatoms. The van der Waals surface area contributed by atoms with Gasteiger partial charge < -0.3 is 4.52 Å². The zero-order valence-corrected chi connectivity index (χ0v) is 14.8. The first-order valence-electron chi connectivity index (χ1n) is 6.88. The van der Waals surface area contributed by atoms with Crippen LogP contribution in [0.4, 0.5) is 5.69 Å². The highest BCUT2D eigenvalue weighted by Gasteiger charge is 2.22. The number of aromatic nitrogens is 1. The molecule has 0 aliphatic carbocycles. The molecule has 0 aliphatic rings. The molecule has 1 N–H and O–H groups in total. The van der Waals surface area contributed by atoms with Crippen LogP contribution in [0.5, 0.6) is 0 Å². The molecule has 0 amide bonds. The lowest BCUT2D eigenvalue weighted by Crippen LogP contribution is -2.13. The summed E-state index contributed by atoms with van der Waals surface area (Å²) in [4.78, 5) is 0.144. The Morgan fingerprint density at radius 1 is 1.04 bits per heavy atom. The Balaban J connectivity index is 2.04. The SMILES string of the molecule is Cc1onc(-c2ccc(Cl)c(Cl)c2)c1NS(=O)(=O)c1ccccc1. The van der Waals surface area contributed by atoms with E-state index >= 15 is 0 Å². The van der Waals surface area contributed by atoms with Crippen LogP contribution >= 0.6 is 23.2 Å². The van der Waals surface area contributed by atoms with Crippen molar-refractivity contribution in [2.24, 2.45) is 0 Å². The van der Waals surface area contributed by atoms with E-state index < -0.39 is 10.0 Å². The smallest absolute Gasteiger partial charge is 0.262 e. The summed E-state index contributed by atoms with van der Waals surface area (Å²) >= 11 is 11.9. The Morgan fingerprint density at radius 2 is 1.75 bits per heavy atom. The van der Waals surface area contributed by atoms with E-state index in [9.17, 15) is 8.42 Å². The molecular weight excluding hydrogens is 371 g/mol. The molecule has 0 fully saturated rings. The second-order valence-electron chi connectivity index (χ2n) is 5.01. The van der Waals surface area contributed by atoms with Crippen molar-refractivity contribution in [1.82, 2.24) is 5.16 Å². The molecule has 0 saturated carbocycles. The van der Waals surface area contributed by atoms with Crippen molar-refractivity contribution in [2.45, 2.75) is 11.8 Å². The maximum Gasteiger partial charge on any atom is 0.262 e. The van der Waals surface area contributed by atoms with Crippen LogP contribution in [-0.4, -0.2) is 13.6 Å². The van der Waals surface area contributed by atoms with Crippen molar-refractivity contribution >= 4 is 38.9 Å². The van der Waals surface area contributed by atoms with Gasteiger partial charge in [-0.05, 0) is 31.2 Å². The van der Waals surface area contributed by atoms with E-state index in [0.717, 1.165) is 0 Å². The number of rotatable bonds is 4. The minimum Gasteiger partial charge on any atom is -0.359 e. The van der Waals surface area contributed by atoms with Crippen molar-refractivity contribution in [3.8, 4) is 11.3 Å². The van der Waals surface area contributed by atoms with Gasteiger partial charge in [0.2, 0.25) is 0 Å². The maximum atomic E-state index is 12.5. The van der Waals surface area contributed by atoms with Crippen LogP contribution in [0.1, 0.15) is 5.76 Å². The van der Waals surface area contributed by atoms with E-state index in [-0.39, 0.29) is 10.6 Å². The molecule has 0 spiro atoms. The lowest BCUT2D eigenvalue weighted by Gasteiger charge is -2.08. The van der Waals surface area contributed by atoms with Crippen molar-refractivity contribution in [1.29, 1.82) is 0 Å². The maximum absolute atomic E-state index is 12.5. The first-order valence-corrected chi connectivity index (χ1v) is 9.12. The van der Waals surface area contributed by atoms with Gasteiger partial charge in [-0.2, -0.15) is 0 Å². The second kappa shape index (κ2) is 6.47. The summed E-state index contributed by atoms with van der Waals surface area (Å²) < 4.78 is 32.7. The number of halogens is 2. The molecule has 5 nitrogen and oxygen atoms in total. The van der Waals surface area contributed by atoms with Gasteiger partial charge >= 0.3 is 0 Å². The third-order valence-electron chi connectivity index (χ3n) is 3.35. The van der Waals surface area contributed by atoms with E-state index in [2.05, 4.69) is 9.88 Å². The number of nitrogens with zero attached hydrogens (tertiary/aromatic N) is 1. The topological polar surface area (TPSA) is 72.2 Å². The van der Waals surface area contributed by atoms with Gasteiger partial charge in [-0.3, -0.25) is 4.72 Å². The first-order chi connectivity index (χ1) is 11.4. The Bertz CT molecular complexity index is 986. The number of anilines is 1. The Kier molecular flexibility index (Phi) is 4.54. The zero-order valence-electron chi connectivity index (χ0n) is 12.5. The van der Waals surface area contributed by atoms with Crippen molar-refractivity contribution in [3.63, 3.8) is 0 Å². The summed E-state index contributed by atoms with van der Waals surface area (Å²) in [5.74, 6) is 0.343. The Morgan fingerprint density at radius 3 is 2.42 bits per heavy atom. The lowest BCUT2D eigenvalue weighted by atomic mass is 10.1. The van der Waals surface area contributed by atoms with E-state index in [1.165, 1.54) is 12.1 Å². The van der Waals surface area contributed by atoms with Gasteiger partial charge in [0.05, 0.1) is 14.9 Å². The number of sulfonamides is 1.